The predicted molar refractivity (Wildman–Crippen MR) is 78.6 cm³/mol. The first kappa shape index (κ1) is 15.0. The monoisotopic (exact) mass is 286 g/mol. The van der Waals surface area contributed by atoms with E-state index in [1.165, 1.54) is 0 Å². The summed E-state index contributed by atoms with van der Waals surface area (Å²) in [5.41, 5.74) is 2.56. The van der Waals surface area contributed by atoms with Crippen LogP contribution in [0.1, 0.15) is 30.9 Å². The minimum absolute atomic E-state index is 0.169. The molecule has 21 heavy (non-hydrogen) atoms. The Kier molecular flexibility index (Phi) is 4.21. The third-order valence-electron chi connectivity index (χ3n) is 3.31. The minimum atomic E-state index is -0.965. The highest BCUT2D eigenvalue weighted by atomic mass is 16.2. The number of hydrogen-bond donors (Lipinski definition) is 1. The molecule has 1 aliphatic rings. The van der Waals surface area contributed by atoms with Crippen molar-refractivity contribution in [2.75, 3.05) is 6.54 Å². The third kappa shape index (κ3) is 3.18. The zero-order valence-corrected chi connectivity index (χ0v) is 12.3. The van der Waals surface area contributed by atoms with Gasteiger partial charge >= 0.3 is 6.03 Å². The van der Waals surface area contributed by atoms with Crippen molar-refractivity contribution in [2.45, 2.75) is 26.7 Å². The largest absolute Gasteiger partial charge is 0.331 e. The van der Waals surface area contributed by atoms with E-state index in [2.05, 4.69) is 5.32 Å². The number of allylic oxidation sites excluding steroid dienone is 1. The van der Waals surface area contributed by atoms with Gasteiger partial charge in [-0.25, -0.2) is 4.79 Å². The molecule has 5 heteroatoms. The normalized spacial score (nSPS) is 18.5. The van der Waals surface area contributed by atoms with Crippen LogP contribution >= 0.6 is 0 Å². The number of amides is 4. The summed E-state index contributed by atoms with van der Waals surface area (Å²) in [6, 6.07) is 6.54. The summed E-state index contributed by atoms with van der Waals surface area (Å²) in [5.74, 6) is -2.01. The molecule has 1 saturated heterocycles. The molecule has 1 aromatic rings. The van der Waals surface area contributed by atoms with Crippen molar-refractivity contribution in [2.24, 2.45) is 0 Å². The fourth-order valence-electron chi connectivity index (χ4n) is 2.20. The lowest BCUT2D eigenvalue weighted by Crippen LogP contribution is -2.56. The van der Waals surface area contributed by atoms with Crippen LogP contribution in [0.4, 0.5) is 4.79 Å². The molecule has 1 unspecified atom stereocenters. The molecular formula is C16H18N2O3. The van der Waals surface area contributed by atoms with E-state index in [9.17, 15) is 14.4 Å². The van der Waals surface area contributed by atoms with E-state index in [1.807, 2.05) is 26.8 Å². The lowest BCUT2D eigenvalue weighted by atomic mass is 9.94. The standard InChI is InChI=1S/C16H18N2O3/c1-10(2)7-8-18-15(20)13(14(19)17-16(18)21)12-6-4-5-11(3)9-12/h4-7,9,13H,8H2,1-3H3,(H,17,19,21). The Hall–Kier alpha value is -2.43. The molecule has 1 aromatic carbocycles. The van der Waals surface area contributed by atoms with Crippen LogP contribution in [0.25, 0.3) is 0 Å². The van der Waals surface area contributed by atoms with Gasteiger partial charge in [-0.2, -0.15) is 0 Å². The van der Waals surface area contributed by atoms with Crippen LogP contribution in [-0.4, -0.2) is 29.3 Å². The van der Waals surface area contributed by atoms with Crippen LogP contribution in [0, 0.1) is 6.92 Å². The van der Waals surface area contributed by atoms with Crippen molar-refractivity contribution >= 4 is 17.8 Å². The molecule has 1 atom stereocenters. The van der Waals surface area contributed by atoms with Crippen molar-refractivity contribution < 1.29 is 14.4 Å². The summed E-state index contributed by atoms with van der Waals surface area (Å²) < 4.78 is 0. The Morgan fingerprint density at radius 1 is 1.29 bits per heavy atom. The molecule has 1 fully saturated rings. The van der Waals surface area contributed by atoms with E-state index in [1.54, 1.807) is 24.3 Å². The number of hydrogen-bond acceptors (Lipinski definition) is 3. The van der Waals surface area contributed by atoms with Crippen molar-refractivity contribution in [1.29, 1.82) is 0 Å². The van der Waals surface area contributed by atoms with Crippen LogP contribution < -0.4 is 5.32 Å². The molecular weight excluding hydrogens is 268 g/mol. The number of rotatable bonds is 3. The quantitative estimate of drug-likeness (QED) is 0.683. The summed E-state index contributed by atoms with van der Waals surface area (Å²) >= 11 is 0. The Morgan fingerprint density at radius 3 is 2.62 bits per heavy atom. The number of nitrogens with one attached hydrogen (secondary N) is 1. The predicted octanol–water partition coefficient (Wildman–Crippen LogP) is 2.12. The summed E-state index contributed by atoms with van der Waals surface area (Å²) in [7, 11) is 0. The van der Waals surface area contributed by atoms with Crippen LogP contribution in [0.15, 0.2) is 35.9 Å². The van der Waals surface area contributed by atoms with Gasteiger partial charge in [0.15, 0.2) is 0 Å². The summed E-state index contributed by atoms with van der Waals surface area (Å²) in [6.07, 6.45) is 1.78. The number of carbonyl (C=O) groups is 3. The molecule has 5 nitrogen and oxygen atoms in total. The second kappa shape index (κ2) is 5.91. The van der Waals surface area contributed by atoms with Gasteiger partial charge in [0.05, 0.1) is 0 Å². The van der Waals surface area contributed by atoms with E-state index < -0.39 is 23.8 Å². The van der Waals surface area contributed by atoms with E-state index in [-0.39, 0.29) is 6.54 Å². The highest BCUT2D eigenvalue weighted by molar-refractivity contribution is 6.19. The van der Waals surface area contributed by atoms with Gasteiger partial charge in [0.2, 0.25) is 11.8 Å². The first-order valence-corrected chi connectivity index (χ1v) is 6.76. The Balaban J connectivity index is 2.33. The number of aryl methyl sites for hydroxylation is 1. The second-order valence-electron chi connectivity index (χ2n) is 5.37. The molecule has 110 valence electrons. The van der Waals surface area contributed by atoms with Crippen molar-refractivity contribution in [1.82, 2.24) is 10.2 Å². The first-order valence-electron chi connectivity index (χ1n) is 6.76. The number of carbonyl (C=O) groups excluding carboxylic acids is 3. The Bertz CT molecular complexity index is 630. The molecule has 0 aromatic heterocycles. The molecule has 1 heterocycles. The molecule has 1 N–H and O–H groups in total. The molecule has 2 rings (SSSR count). The summed E-state index contributed by atoms with van der Waals surface area (Å²) in [4.78, 5) is 37.4. The topological polar surface area (TPSA) is 66.5 Å². The maximum Gasteiger partial charge on any atom is 0.331 e. The molecule has 0 spiro atoms. The zero-order valence-electron chi connectivity index (χ0n) is 12.3. The third-order valence-corrected chi connectivity index (χ3v) is 3.31. The van der Waals surface area contributed by atoms with Crippen LogP contribution in [0.2, 0.25) is 0 Å². The van der Waals surface area contributed by atoms with Crippen LogP contribution in [0.5, 0.6) is 0 Å². The summed E-state index contributed by atoms with van der Waals surface area (Å²) in [6.45, 7) is 5.83. The average molecular weight is 286 g/mol. The molecule has 0 bridgehead atoms. The molecule has 4 amide bonds. The number of barbiturate groups is 1. The number of urea groups is 1. The fraction of sp³-hybridized carbons (Fsp3) is 0.312. The van der Waals surface area contributed by atoms with E-state index in [0.29, 0.717) is 5.56 Å². The highest BCUT2D eigenvalue weighted by Gasteiger charge is 2.40. The lowest BCUT2D eigenvalue weighted by Gasteiger charge is -2.29. The SMILES string of the molecule is CC(C)=CCN1C(=O)NC(=O)C(c2cccc(C)c2)C1=O. The van der Waals surface area contributed by atoms with Crippen molar-refractivity contribution in [3.05, 3.63) is 47.0 Å². The Labute approximate surface area is 123 Å². The second-order valence-corrected chi connectivity index (χ2v) is 5.37. The highest BCUT2D eigenvalue weighted by Crippen LogP contribution is 2.23. The number of imide groups is 2. The van der Waals surface area contributed by atoms with Crippen molar-refractivity contribution in [3.63, 3.8) is 0 Å². The van der Waals surface area contributed by atoms with Gasteiger partial charge in [0.25, 0.3) is 0 Å². The summed E-state index contributed by atoms with van der Waals surface area (Å²) in [5, 5.41) is 2.25. The molecule has 0 radical (unpaired) electrons. The smallest absolute Gasteiger partial charge is 0.277 e. The van der Waals surface area contributed by atoms with E-state index >= 15 is 0 Å². The van der Waals surface area contributed by atoms with Gasteiger partial charge < -0.3 is 0 Å². The average Bonchev–Trinajstić information content (AvgIpc) is 2.37. The van der Waals surface area contributed by atoms with Gasteiger partial charge in [0, 0.05) is 6.54 Å². The molecule has 0 saturated carbocycles. The zero-order chi connectivity index (χ0) is 15.6. The van der Waals surface area contributed by atoms with Gasteiger partial charge in [-0.1, -0.05) is 41.5 Å². The van der Waals surface area contributed by atoms with Gasteiger partial charge in [0.1, 0.15) is 5.92 Å². The minimum Gasteiger partial charge on any atom is -0.277 e. The first-order chi connectivity index (χ1) is 9.90. The number of benzene rings is 1. The fourth-order valence-corrected chi connectivity index (χ4v) is 2.20. The molecule has 0 aliphatic carbocycles. The van der Waals surface area contributed by atoms with Gasteiger partial charge in [-0.3, -0.25) is 19.8 Å². The van der Waals surface area contributed by atoms with Gasteiger partial charge in [-0.05, 0) is 26.3 Å². The van der Waals surface area contributed by atoms with Crippen LogP contribution in [0.3, 0.4) is 0 Å². The van der Waals surface area contributed by atoms with E-state index in [4.69, 9.17) is 0 Å². The lowest BCUT2D eigenvalue weighted by molar-refractivity contribution is -0.138. The maximum absolute atomic E-state index is 12.5. The maximum atomic E-state index is 12.5. The van der Waals surface area contributed by atoms with Crippen LogP contribution in [-0.2, 0) is 9.59 Å². The Morgan fingerprint density at radius 2 is 2.00 bits per heavy atom. The number of nitrogens with zero attached hydrogens (tertiary/aromatic N) is 1. The molecule has 1 aliphatic heterocycles. The van der Waals surface area contributed by atoms with Gasteiger partial charge in [-0.15, -0.1) is 0 Å². The van der Waals surface area contributed by atoms with Crippen molar-refractivity contribution in [3.8, 4) is 0 Å². The van der Waals surface area contributed by atoms with E-state index in [0.717, 1.165) is 16.0 Å².